The molecule has 0 aromatic heterocycles. The molecule has 0 spiro atoms. The molecule has 0 aliphatic carbocycles. The number of carbonyl (C=O) groups is 1. The van der Waals surface area contributed by atoms with Gasteiger partial charge in [-0.15, -0.1) is 0 Å². The van der Waals surface area contributed by atoms with Crippen molar-refractivity contribution in [1.29, 1.82) is 0 Å². The van der Waals surface area contributed by atoms with Crippen molar-refractivity contribution in [3.8, 4) is 0 Å². The fraction of sp³-hybridized carbons (Fsp3) is 0.800. The summed E-state index contributed by atoms with van der Waals surface area (Å²) in [5, 5.41) is 8.06. The largest absolute Gasteiger partial charge is 1.00 e. The minimum atomic E-state index is -4.12. The molecule has 0 atom stereocenters. The molecule has 0 aliphatic rings. The SMILES string of the molecule is CCCOS(=O)(=O)OCC(=O)O.[H-].[H-].[Na+].[Na+]. The second kappa shape index (κ2) is 10.8. The van der Waals surface area contributed by atoms with E-state index in [0.29, 0.717) is 6.42 Å². The van der Waals surface area contributed by atoms with Crippen LogP contribution in [0.15, 0.2) is 0 Å². The van der Waals surface area contributed by atoms with Gasteiger partial charge >= 0.3 is 75.5 Å². The summed E-state index contributed by atoms with van der Waals surface area (Å²) < 4.78 is 29.3. The zero-order chi connectivity index (χ0) is 9.61. The quantitative estimate of drug-likeness (QED) is 0.469. The van der Waals surface area contributed by atoms with Crippen molar-refractivity contribution in [3.05, 3.63) is 0 Å². The van der Waals surface area contributed by atoms with E-state index in [1.54, 1.807) is 6.92 Å². The molecular formula is C5H12Na2O6S. The normalized spacial score (nSPS) is 9.79. The molecule has 76 valence electrons. The molecule has 0 amide bonds. The Kier molecular flexibility index (Phi) is 16.0. The van der Waals surface area contributed by atoms with E-state index in [-0.39, 0.29) is 68.6 Å². The van der Waals surface area contributed by atoms with Crippen LogP contribution in [0.1, 0.15) is 16.2 Å². The van der Waals surface area contributed by atoms with Gasteiger partial charge in [0.25, 0.3) is 0 Å². The number of hydrogen-bond donors (Lipinski definition) is 1. The molecule has 9 heteroatoms. The van der Waals surface area contributed by atoms with Crippen molar-refractivity contribution in [1.82, 2.24) is 0 Å². The minimum absolute atomic E-state index is 0. The zero-order valence-corrected chi connectivity index (χ0v) is 13.3. The fourth-order valence-electron chi connectivity index (χ4n) is 0.342. The number of rotatable bonds is 6. The summed E-state index contributed by atoms with van der Waals surface area (Å²) in [4.78, 5) is 9.87. The van der Waals surface area contributed by atoms with E-state index in [1.807, 2.05) is 0 Å². The number of hydrogen-bond acceptors (Lipinski definition) is 5. The summed E-state index contributed by atoms with van der Waals surface area (Å²) in [7, 11) is -4.12. The number of carboxylic acid groups (broad SMARTS) is 1. The minimum Gasteiger partial charge on any atom is -1.00 e. The summed E-state index contributed by atoms with van der Waals surface area (Å²) >= 11 is 0. The fourth-order valence-corrected chi connectivity index (χ4v) is 1.03. The van der Waals surface area contributed by atoms with Crippen LogP contribution in [-0.2, 0) is 23.6 Å². The van der Waals surface area contributed by atoms with Gasteiger partial charge in [0.2, 0.25) is 0 Å². The summed E-state index contributed by atoms with van der Waals surface area (Å²) in [5.41, 5.74) is 0. The summed E-state index contributed by atoms with van der Waals surface area (Å²) in [6.07, 6.45) is 0.510. The predicted molar refractivity (Wildman–Crippen MR) is 41.0 cm³/mol. The molecule has 0 heterocycles. The van der Waals surface area contributed by atoms with Gasteiger partial charge in [0.05, 0.1) is 6.61 Å². The average Bonchev–Trinajstić information content (AvgIpc) is 1.98. The Balaban J connectivity index is -0.000000101. The molecule has 0 radical (unpaired) electrons. The summed E-state index contributed by atoms with van der Waals surface area (Å²) in [5.74, 6) is -1.36. The monoisotopic (exact) mass is 246 g/mol. The molecule has 0 bridgehead atoms. The van der Waals surface area contributed by atoms with Crippen molar-refractivity contribution in [2.24, 2.45) is 0 Å². The van der Waals surface area contributed by atoms with Gasteiger partial charge in [0.1, 0.15) is 0 Å². The second-order valence-electron chi connectivity index (χ2n) is 1.89. The molecule has 0 aromatic rings. The third kappa shape index (κ3) is 13.3. The van der Waals surface area contributed by atoms with Gasteiger partial charge in [0, 0.05) is 0 Å². The molecule has 0 aromatic carbocycles. The topological polar surface area (TPSA) is 89.9 Å². The Morgan fingerprint density at radius 1 is 1.36 bits per heavy atom. The molecule has 0 saturated heterocycles. The first-order chi connectivity index (χ1) is 5.48. The van der Waals surface area contributed by atoms with Gasteiger partial charge in [-0.3, -0.25) is 0 Å². The van der Waals surface area contributed by atoms with Crippen LogP contribution in [0.5, 0.6) is 0 Å². The number of aliphatic carboxylic acids is 1. The first-order valence-corrected chi connectivity index (χ1v) is 4.57. The predicted octanol–water partition coefficient (Wildman–Crippen LogP) is -6.01. The summed E-state index contributed by atoms with van der Waals surface area (Å²) in [6.45, 7) is 0.792. The molecule has 0 fully saturated rings. The average molecular weight is 246 g/mol. The zero-order valence-electron chi connectivity index (χ0n) is 10.5. The molecule has 0 unspecified atom stereocenters. The Morgan fingerprint density at radius 3 is 2.21 bits per heavy atom. The standard InChI is InChI=1S/C5H10O6S.2Na.2H/c1-2-3-10-12(8,9)11-4-5(6)7;;;;/h2-4H2,1H3,(H,6,7);;;;/q;2*+1;2*-1. The van der Waals surface area contributed by atoms with Crippen molar-refractivity contribution >= 4 is 16.4 Å². The van der Waals surface area contributed by atoms with Crippen LogP contribution in [0, 0.1) is 0 Å². The third-order valence-corrected chi connectivity index (χ3v) is 1.62. The maximum Gasteiger partial charge on any atom is 1.00 e. The Hall–Kier alpha value is 1.34. The van der Waals surface area contributed by atoms with Gasteiger partial charge in [0.15, 0.2) is 6.61 Å². The summed E-state index contributed by atoms with van der Waals surface area (Å²) in [6, 6.07) is 0. The molecule has 0 aliphatic heterocycles. The first kappa shape index (κ1) is 20.7. The van der Waals surface area contributed by atoms with Crippen LogP contribution >= 0.6 is 0 Å². The van der Waals surface area contributed by atoms with Crippen molar-refractivity contribution in [2.45, 2.75) is 13.3 Å². The van der Waals surface area contributed by atoms with E-state index in [0.717, 1.165) is 0 Å². The van der Waals surface area contributed by atoms with Crippen LogP contribution in [0.25, 0.3) is 0 Å². The van der Waals surface area contributed by atoms with E-state index in [4.69, 9.17) is 5.11 Å². The molecule has 0 saturated carbocycles. The van der Waals surface area contributed by atoms with E-state index in [9.17, 15) is 13.2 Å². The van der Waals surface area contributed by atoms with Crippen LogP contribution < -0.4 is 59.1 Å². The van der Waals surface area contributed by atoms with Crippen LogP contribution in [0.4, 0.5) is 0 Å². The first-order valence-electron chi connectivity index (χ1n) is 3.23. The van der Waals surface area contributed by atoms with Crippen molar-refractivity contribution in [3.63, 3.8) is 0 Å². The van der Waals surface area contributed by atoms with Crippen LogP contribution in [-0.4, -0.2) is 32.7 Å². The smallest absolute Gasteiger partial charge is 1.00 e. The van der Waals surface area contributed by atoms with Gasteiger partial charge in [-0.1, -0.05) is 6.92 Å². The maximum absolute atomic E-state index is 10.6. The Morgan fingerprint density at radius 2 is 1.86 bits per heavy atom. The second-order valence-corrected chi connectivity index (χ2v) is 3.17. The molecular weight excluding hydrogens is 234 g/mol. The van der Waals surface area contributed by atoms with Crippen LogP contribution in [0.2, 0.25) is 0 Å². The van der Waals surface area contributed by atoms with Crippen molar-refractivity contribution < 1.29 is 88.7 Å². The van der Waals surface area contributed by atoms with E-state index in [2.05, 4.69) is 8.37 Å². The molecule has 6 nitrogen and oxygen atoms in total. The number of carboxylic acids is 1. The molecule has 1 N–H and O–H groups in total. The third-order valence-electron chi connectivity index (χ3n) is 0.759. The van der Waals surface area contributed by atoms with Gasteiger partial charge in [-0.2, -0.15) is 8.42 Å². The molecule has 14 heavy (non-hydrogen) atoms. The van der Waals surface area contributed by atoms with Crippen molar-refractivity contribution in [2.75, 3.05) is 13.2 Å². The van der Waals surface area contributed by atoms with Gasteiger partial charge in [-0.05, 0) is 6.42 Å². The Bertz CT molecular complexity index is 247. The maximum atomic E-state index is 10.6. The van der Waals surface area contributed by atoms with E-state index < -0.39 is 23.0 Å². The van der Waals surface area contributed by atoms with E-state index in [1.165, 1.54) is 0 Å². The van der Waals surface area contributed by atoms with Crippen LogP contribution in [0.3, 0.4) is 0 Å². The van der Waals surface area contributed by atoms with Gasteiger partial charge < -0.3 is 7.96 Å². The van der Waals surface area contributed by atoms with Gasteiger partial charge in [-0.25, -0.2) is 13.2 Å². The molecule has 0 rings (SSSR count). The van der Waals surface area contributed by atoms with E-state index >= 15 is 0 Å². The Labute approximate surface area is 130 Å².